The fourth-order valence-corrected chi connectivity index (χ4v) is 8.48. The predicted molar refractivity (Wildman–Crippen MR) is 208 cm³/mol. The van der Waals surface area contributed by atoms with Crippen LogP contribution in [0.1, 0.15) is 81.1 Å². The molecule has 4 rings (SSSR count). The first-order chi connectivity index (χ1) is 25.3. The average Bonchev–Trinajstić information content (AvgIpc) is 3.12. The number of carbonyl (C=O) groups excluding carboxylic acids is 2. The third-order valence-corrected chi connectivity index (χ3v) is 11.8. The van der Waals surface area contributed by atoms with Crippen LogP contribution in [0.3, 0.4) is 0 Å². The Labute approximate surface area is 321 Å². The van der Waals surface area contributed by atoms with E-state index in [4.69, 9.17) is 14.2 Å². The first kappa shape index (κ1) is 44.0. The topological polar surface area (TPSA) is 174 Å². The number of cyclic esters (lactones) is 1. The van der Waals surface area contributed by atoms with E-state index in [9.17, 15) is 30.0 Å². The van der Waals surface area contributed by atoms with E-state index >= 15 is 0 Å². The largest absolute Gasteiger partial charge is 0.459 e. The molecule has 3 heterocycles. The molecule has 13 unspecified atom stereocenters. The van der Waals surface area contributed by atoms with Crippen LogP contribution in [0.5, 0.6) is 0 Å². The van der Waals surface area contributed by atoms with E-state index in [-0.39, 0.29) is 30.9 Å². The van der Waals surface area contributed by atoms with Gasteiger partial charge in [0.1, 0.15) is 29.8 Å². The van der Waals surface area contributed by atoms with E-state index in [1.165, 1.54) is 13.8 Å². The maximum absolute atomic E-state index is 14.0. The number of nitrogens with one attached hydrogen (secondary N) is 1. The number of likely N-dealkylation sites (N-methyl/N-ethyl adjacent to an activating group) is 2. The van der Waals surface area contributed by atoms with Gasteiger partial charge in [-0.25, -0.2) is 0 Å². The van der Waals surface area contributed by atoms with Gasteiger partial charge in [0.25, 0.3) is 0 Å². The molecule has 13 atom stereocenters. The summed E-state index contributed by atoms with van der Waals surface area (Å²) < 4.78 is 18.4. The van der Waals surface area contributed by atoms with E-state index in [0.717, 1.165) is 23.0 Å². The number of aromatic nitrogens is 1. The predicted octanol–water partition coefficient (Wildman–Crippen LogP) is 3.60. The number of hydrogen-bond acceptors (Lipinski definition) is 13. The first-order valence-electron chi connectivity index (χ1n) is 19.6. The van der Waals surface area contributed by atoms with Crippen LogP contribution in [-0.4, -0.2) is 141 Å². The second-order valence-electron chi connectivity index (χ2n) is 16.6. The Balaban J connectivity index is 1.53. The van der Waals surface area contributed by atoms with E-state index < -0.39 is 71.5 Å². The molecule has 0 aliphatic carbocycles. The Morgan fingerprint density at radius 2 is 1.76 bits per heavy atom. The van der Waals surface area contributed by atoms with Crippen molar-refractivity contribution in [1.82, 2.24) is 14.8 Å². The summed E-state index contributed by atoms with van der Waals surface area (Å²) in [5.74, 6) is -3.80. The molecule has 2 aliphatic rings. The molecule has 0 amide bonds. The van der Waals surface area contributed by atoms with Gasteiger partial charge in [0.15, 0.2) is 12.1 Å². The molecule has 1 aromatic carbocycles. The molecule has 54 heavy (non-hydrogen) atoms. The monoisotopic (exact) mass is 758 g/mol. The SMILES string of the molecule is CCC1OC(=O)C(C)C(=O)C(C)C(OC2OC(C)CC(N(C)CCCNc3ccnc4ccccc34)C2O)C(C)(O)CC(C)CN(C)C(C)C(O)C1(C)O. The summed E-state index contributed by atoms with van der Waals surface area (Å²) in [4.78, 5) is 35.9. The third-order valence-electron chi connectivity index (χ3n) is 11.8. The van der Waals surface area contributed by atoms with Crippen molar-refractivity contribution in [2.75, 3.05) is 39.0 Å². The van der Waals surface area contributed by atoms with Crippen LogP contribution in [0.4, 0.5) is 5.69 Å². The van der Waals surface area contributed by atoms with Crippen molar-refractivity contribution in [1.29, 1.82) is 0 Å². The van der Waals surface area contributed by atoms with Gasteiger partial charge in [0, 0.05) is 48.4 Å². The molecule has 13 heteroatoms. The number of nitrogens with zero attached hydrogens (tertiary/aromatic N) is 3. The summed E-state index contributed by atoms with van der Waals surface area (Å²) in [6.07, 6.45) is -2.54. The Kier molecular flexibility index (Phi) is 15.0. The number of esters is 1. The van der Waals surface area contributed by atoms with Crippen molar-refractivity contribution in [2.45, 2.75) is 141 Å². The highest BCUT2D eigenvalue weighted by atomic mass is 16.7. The van der Waals surface area contributed by atoms with Crippen molar-refractivity contribution in [3.8, 4) is 0 Å². The number of Topliss-reactive ketones (excluding diaryl/α,β-unsaturated/α-hetero) is 1. The molecule has 0 radical (unpaired) electrons. The molecule has 13 nitrogen and oxygen atoms in total. The molecule has 0 spiro atoms. The standard InChI is InChI=1S/C41H66N4O9/c1-11-33-41(8,51)36(48)28(6)45(10)23-24(2)22-40(7,50)37(26(4)34(46)27(5)38(49)53-33)54-39-35(47)32(21-25(3)52-39)44(9)20-14-18-42-31-17-19-43-30-16-13-12-15-29(30)31/h12-13,15-17,19,24-28,32-33,35-37,39,47-48,50-51H,11,14,18,20-23H2,1-10H3,(H,42,43). The number of para-hydroxylation sites is 1. The van der Waals surface area contributed by atoms with Crippen LogP contribution < -0.4 is 5.32 Å². The van der Waals surface area contributed by atoms with Crippen molar-refractivity contribution in [3.05, 3.63) is 36.5 Å². The van der Waals surface area contributed by atoms with E-state index in [0.29, 0.717) is 26.1 Å². The minimum absolute atomic E-state index is 0.158. The molecule has 1 aromatic heterocycles. The van der Waals surface area contributed by atoms with Gasteiger partial charge in [-0.2, -0.15) is 0 Å². The zero-order chi connectivity index (χ0) is 40.1. The third kappa shape index (κ3) is 10.2. The summed E-state index contributed by atoms with van der Waals surface area (Å²) >= 11 is 0. The number of hydrogen-bond donors (Lipinski definition) is 5. The zero-order valence-corrected chi connectivity index (χ0v) is 33.9. The number of rotatable bonds is 9. The number of carbonyl (C=O) groups is 2. The lowest BCUT2D eigenvalue weighted by Crippen LogP contribution is -2.59. The highest BCUT2D eigenvalue weighted by Gasteiger charge is 2.50. The molecular weight excluding hydrogens is 692 g/mol. The lowest BCUT2D eigenvalue weighted by molar-refractivity contribution is -0.294. The van der Waals surface area contributed by atoms with Gasteiger partial charge in [-0.1, -0.05) is 39.0 Å². The molecule has 2 fully saturated rings. The molecule has 2 saturated heterocycles. The van der Waals surface area contributed by atoms with Crippen molar-refractivity contribution in [2.24, 2.45) is 17.8 Å². The molecular formula is C41H66N4O9. The zero-order valence-electron chi connectivity index (χ0n) is 33.9. The number of aliphatic hydroxyl groups is 4. The van der Waals surface area contributed by atoms with Crippen molar-refractivity contribution >= 4 is 28.3 Å². The minimum atomic E-state index is -1.80. The minimum Gasteiger partial charge on any atom is -0.459 e. The molecule has 304 valence electrons. The van der Waals surface area contributed by atoms with E-state index in [1.54, 1.807) is 33.9 Å². The molecule has 5 N–H and O–H groups in total. The van der Waals surface area contributed by atoms with Gasteiger partial charge in [-0.05, 0) is 99.0 Å². The van der Waals surface area contributed by atoms with Gasteiger partial charge >= 0.3 is 5.97 Å². The molecule has 0 saturated carbocycles. The quantitative estimate of drug-likeness (QED) is 0.143. The number of fused-ring (bicyclic) bond motifs is 1. The van der Waals surface area contributed by atoms with Gasteiger partial charge < -0.3 is 49.8 Å². The highest BCUT2D eigenvalue weighted by Crippen LogP contribution is 2.36. The van der Waals surface area contributed by atoms with Crippen LogP contribution in [0.2, 0.25) is 0 Å². The second kappa shape index (κ2) is 18.5. The van der Waals surface area contributed by atoms with Crippen molar-refractivity contribution < 1.29 is 44.2 Å². The Bertz CT molecular complexity index is 1540. The fraction of sp³-hybridized carbons (Fsp3) is 0.732. The summed E-state index contributed by atoms with van der Waals surface area (Å²) in [6.45, 7) is 15.3. The van der Waals surface area contributed by atoms with Gasteiger partial charge in [0.2, 0.25) is 0 Å². The number of ether oxygens (including phenoxy) is 3. The summed E-state index contributed by atoms with van der Waals surface area (Å²) in [6, 6.07) is 9.08. The normalized spacial score (nSPS) is 38.2. The lowest BCUT2D eigenvalue weighted by atomic mass is 9.78. The Hall–Kier alpha value is -2.75. The Morgan fingerprint density at radius 3 is 2.44 bits per heavy atom. The molecule has 2 aromatic rings. The average molecular weight is 759 g/mol. The summed E-state index contributed by atoms with van der Waals surface area (Å²) in [5.41, 5.74) is -1.47. The van der Waals surface area contributed by atoms with Crippen molar-refractivity contribution in [3.63, 3.8) is 0 Å². The van der Waals surface area contributed by atoms with Crippen LogP contribution in [-0.2, 0) is 23.8 Å². The van der Waals surface area contributed by atoms with Gasteiger partial charge in [-0.3, -0.25) is 14.6 Å². The van der Waals surface area contributed by atoms with Crippen LogP contribution in [0.15, 0.2) is 36.5 Å². The van der Waals surface area contributed by atoms with Gasteiger partial charge in [-0.15, -0.1) is 0 Å². The fourth-order valence-electron chi connectivity index (χ4n) is 8.48. The molecule has 2 aliphatic heterocycles. The van der Waals surface area contributed by atoms with Crippen LogP contribution in [0.25, 0.3) is 10.9 Å². The maximum atomic E-state index is 14.0. The first-order valence-corrected chi connectivity index (χ1v) is 19.6. The number of aliphatic hydroxyl groups excluding tert-OH is 2. The van der Waals surface area contributed by atoms with E-state index in [2.05, 4.69) is 15.2 Å². The summed E-state index contributed by atoms with van der Waals surface area (Å²) in [5, 5.41) is 51.3. The number of ketones is 1. The van der Waals surface area contributed by atoms with Gasteiger partial charge in [0.05, 0.1) is 23.3 Å². The Morgan fingerprint density at radius 1 is 1.07 bits per heavy atom. The number of anilines is 1. The van der Waals surface area contributed by atoms with Crippen LogP contribution in [0, 0.1) is 17.8 Å². The van der Waals surface area contributed by atoms with Crippen LogP contribution >= 0.6 is 0 Å². The summed E-state index contributed by atoms with van der Waals surface area (Å²) in [7, 11) is 3.78. The lowest BCUT2D eigenvalue weighted by Gasteiger charge is -2.46. The highest BCUT2D eigenvalue weighted by molar-refractivity contribution is 6.00. The van der Waals surface area contributed by atoms with E-state index in [1.807, 2.05) is 63.2 Å². The second-order valence-corrected chi connectivity index (χ2v) is 16.6. The smallest absolute Gasteiger partial charge is 0.316 e. The molecule has 0 bridgehead atoms. The number of pyridine rings is 1. The maximum Gasteiger partial charge on any atom is 0.316 e. The number of benzene rings is 1.